The van der Waals surface area contributed by atoms with Gasteiger partial charge in [-0.3, -0.25) is 29.0 Å². The number of carbonyl (C=O) groups excluding carboxylic acids is 5. The number of aromatic amines is 2. The smallest absolute Gasteiger partial charge is 0.326 e. The van der Waals surface area contributed by atoms with Gasteiger partial charge in [0.05, 0.1) is 18.1 Å². The molecule has 0 saturated heterocycles. The van der Waals surface area contributed by atoms with Crippen molar-refractivity contribution in [2.45, 2.75) is 76.2 Å². The summed E-state index contributed by atoms with van der Waals surface area (Å²) in [6.07, 6.45) is 7.23. The number of carbonyl (C=O) groups is 6. The number of imidazole rings is 1. The van der Waals surface area contributed by atoms with Crippen LogP contribution in [0.4, 0.5) is 0 Å². The summed E-state index contributed by atoms with van der Waals surface area (Å²) in [5.41, 5.74) is 14.0. The molecule has 0 bridgehead atoms. The number of para-hydroxylation sites is 1. The number of carboxylic acids is 1. The van der Waals surface area contributed by atoms with Gasteiger partial charge in [0.15, 0.2) is 0 Å². The van der Waals surface area contributed by atoms with E-state index in [4.69, 9.17) is 11.5 Å². The number of aromatic nitrogens is 4. The molecule has 0 aliphatic rings. The van der Waals surface area contributed by atoms with Crippen molar-refractivity contribution in [3.63, 3.8) is 0 Å². The van der Waals surface area contributed by atoms with Crippen molar-refractivity contribution >= 4 is 46.4 Å². The number of amides is 5. The van der Waals surface area contributed by atoms with E-state index in [1.807, 2.05) is 24.3 Å². The van der Waals surface area contributed by atoms with Crippen LogP contribution in [0, 0.1) is 5.92 Å². The number of primary amides is 1. The van der Waals surface area contributed by atoms with Gasteiger partial charge in [0.1, 0.15) is 24.2 Å². The fourth-order valence-electron chi connectivity index (χ4n) is 5.56. The summed E-state index contributed by atoms with van der Waals surface area (Å²) in [6.45, 7) is 3.28. The van der Waals surface area contributed by atoms with Gasteiger partial charge in [-0.1, -0.05) is 38.1 Å². The minimum absolute atomic E-state index is 0.0266. The number of benzene rings is 1. The van der Waals surface area contributed by atoms with Crippen molar-refractivity contribution < 1.29 is 33.9 Å². The number of aliphatic carboxylic acids is 1. The number of nitrogens with two attached hydrogens (primary N) is 2. The first-order valence-corrected chi connectivity index (χ1v) is 16.7. The fraction of sp³-hybridized carbons (Fsp3) is 0.371. The van der Waals surface area contributed by atoms with Crippen LogP contribution in [0.25, 0.3) is 10.9 Å². The Morgan fingerprint density at radius 2 is 1.50 bits per heavy atom. The van der Waals surface area contributed by atoms with Gasteiger partial charge in [-0.05, 0) is 42.0 Å². The molecule has 0 spiro atoms. The minimum atomic E-state index is -1.34. The molecule has 3 aromatic heterocycles. The second-order valence-corrected chi connectivity index (χ2v) is 12.8. The number of nitrogens with one attached hydrogen (secondary N) is 6. The predicted molar refractivity (Wildman–Crippen MR) is 189 cm³/mol. The zero-order chi connectivity index (χ0) is 37.8. The average Bonchev–Trinajstić information content (AvgIpc) is 3.78. The molecule has 3 heterocycles. The Kier molecular flexibility index (Phi) is 13.6. The lowest BCUT2D eigenvalue weighted by Crippen LogP contribution is -2.59. The summed E-state index contributed by atoms with van der Waals surface area (Å²) in [5.74, 6) is -5.47. The molecular formula is C35H44N10O7. The summed E-state index contributed by atoms with van der Waals surface area (Å²) < 4.78 is 0. The monoisotopic (exact) mass is 716 g/mol. The van der Waals surface area contributed by atoms with E-state index in [0.29, 0.717) is 16.8 Å². The molecule has 0 fully saturated rings. The number of fused-ring (bicyclic) bond motifs is 1. The zero-order valence-electron chi connectivity index (χ0n) is 28.8. The van der Waals surface area contributed by atoms with E-state index in [-0.39, 0.29) is 32.1 Å². The molecule has 276 valence electrons. The Hall–Kier alpha value is -6.10. The van der Waals surface area contributed by atoms with E-state index in [1.54, 1.807) is 44.6 Å². The van der Waals surface area contributed by atoms with Crippen LogP contribution in [0.3, 0.4) is 0 Å². The van der Waals surface area contributed by atoms with E-state index < -0.39 is 71.6 Å². The number of rotatable bonds is 19. The number of pyridine rings is 1. The van der Waals surface area contributed by atoms with Gasteiger partial charge < -0.3 is 47.8 Å². The molecule has 0 radical (unpaired) electrons. The minimum Gasteiger partial charge on any atom is -0.480 e. The van der Waals surface area contributed by atoms with E-state index >= 15 is 0 Å². The lowest BCUT2D eigenvalue weighted by Gasteiger charge is -2.27. The SMILES string of the molecule is CC(C)[C@H](NC(=O)[C@H](Cc1c[nH]c2ccccc12)NC(=O)[C@H](Cc1c[nH]cn1)NC(=O)[C@H](CCC(N)=O)NC(=O)[C@@H](N)Cc1cccnc1)C(=O)O. The van der Waals surface area contributed by atoms with Gasteiger partial charge >= 0.3 is 5.97 Å². The summed E-state index contributed by atoms with van der Waals surface area (Å²) in [7, 11) is 0. The molecule has 0 aliphatic carbocycles. The van der Waals surface area contributed by atoms with Crippen LogP contribution in [0.2, 0.25) is 0 Å². The van der Waals surface area contributed by atoms with Gasteiger partial charge in [-0.15, -0.1) is 0 Å². The molecule has 17 nitrogen and oxygen atoms in total. The highest BCUT2D eigenvalue weighted by Gasteiger charge is 2.33. The first-order valence-electron chi connectivity index (χ1n) is 16.7. The topological polar surface area (TPSA) is 280 Å². The first-order chi connectivity index (χ1) is 24.8. The van der Waals surface area contributed by atoms with Crippen molar-refractivity contribution in [2.24, 2.45) is 17.4 Å². The van der Waals surface area contributed by atoms with Crippen LogP contribution in [0.1, 0.15) is 43.5 Å². The van der Waals surface area contributed by atoms with Crippen LogP contribution in [0.5, 0.6) is 0 Å². The maximum atomic E-state index is 14.0. The van der Waals surface area contributed by atoms with E-state index in [0.717, 1.165) is 10.9 Å². The molecule has 11 N–H and O–H groups in total. The Labute approximate surface area is 299 Å². The lowest BCUT2D eigenvalue weighted by atomic mass is 10.0. The predicted octanol–water partition coefficient (Wildman–Crippen LogP) is -0.413. The first kappa shape index (κ1) is 38.7. The highest BCUT2D eigenvalue weighted by Crippen LogP contribution is 2.20. The molecule has 4 aromatic rings. The number of carboxylic acid groups (broad SMARTS) is 1. The van der Waals surface area contributed by atoms with Crippen LogP contribution in [0.15, 0.2) is 67.5 Å². The van der Waals surface area contributed by atoms with E-state index in [9.17, 15) is 33.9 Å². The number of hydrogen-bond donors (Lipinski definition) is 9. The molecule has 0 aliphatic heterocycles. The second kappa shape index (κ2) is 18.2. The van der Waals surface area contributed by atoms with Crippen molar-refractivity contribution in [2.75, 3.05) is 0 Å². The maximum absolute atomic E-state index is 14.0. The van der Waals surface area contributed by atoms with Crippen LogP contribution in [-0.2, 0) is 48.0 Å². The van der Waals surface area contributed by atoms with Crippen molar-refractivity contribution in [1.29, 1.82) is 0 Å². The van der Waals surface area contributed by atoms with Gasteiger partial charge in [-0.2, -0.15) is 0 Å². The second-order valence-electron chi connectivity index (χ2n) is 12.8. The fourth-order valence-corrected chi connectivity index (χ4v) is 5.56. The Morgan fingerprint density at radius 3 is 2.13 bits per heavy atom. The number of hydrogen-bond acceptors (Lipinski definition) is 9. The summed E-state index contributed by atoms with van der Waals surface area (Å²) in [5, 5.41) is 21.0. The third-order valence-corrected chi connectivity index (χ3v) is 8.39. The van der Waals surface area contributed by atoms with Gasteiger partial charge in [0.2, 0.25) is 29.5 Å². The third kappa shape index (κ3) is 10.9. The Balaban J connectivity index is 1.58. The van der Waals surface area contributed by atoms with Crippen LogP contribution < -0.4 is 32.7 Å². The molecule has 0 saturated carbocycles. The molecule has 0 unspecified atom stereocenters. The largest absolute Gasteiger partial charge is 0.480 e. The molecule has 5 amide bonds. The normalized spacial score (nSPS) is 14.1. The molecule has 1 aromatic carbocycles. The van der Waals surface area contributed by atoms with Crippen molar-refractivity contribution in [3.8, 4) is 0 Å². The molecular weight excluding hydrogens is 672 g/mol. The maximum Gasteiger partial charge on any atom is 0.326 e. The van der Waals surface area contributed by atoms with E-state index in [2.05, 4.69) is 41.2 Å². The molecule has 52 heavy (non-hydrogen) atoms. The summed E-state index contributed by atoms with van der Waals surface area (Å²) in [4.78, 5) is 92.3. The Bertz CT molecular complexity index is 1840. The zero-order valence-corrected chi connectivity index (χ0v) is 28.8. The molecule has 4 rings (SSSR count). The van der Waals surface area contributed by atoms with E-state index in [1.165, 1.54) is 12.5 Å². The van der Waals surface area contributed by atoms with Gasteiger partial charge in [-0.25, -0.2) is 9.78 Å². The molecule has 17 heteroatoms. The van der Waals surface area contributed by atoms with Crippen molar-refractivity contribution in [1.82, 2.24) is 41.2 Å². The highest BCUT2D eigenvalue weighted by atomic mass is 16.4. The average molecular weight is 717 g/mol. The summed E-state index contributed by atoms with van der Waals surface area (Å²) >= 11 is 0. The molecule has 5 atom stereocenters. The van der Waals surface area contributed by atoms with Crippen LogP contribution in [-0.4, -0.2) is 90.8 Å². The van der Waals surface area contributed by atoms with Crippen molar-refractivity contribution in [3.05, 3.63) is 84.3 Å². The third-order valence-electron chi connectivity index (χ3n) is 8.39. The van der Waals surface area contributed by atoms with Gasteiger partial charge in [0, 0.05) is 55.0 Å². The quantitative estimate of drug-likeness (QED) is 0.0605. The Morgan fingerprint density at radius 1 is 0.827 bits per heavy atom. The standard InChI is InChI=1S/C35H44N10O7/c1-19(2)30(35(51)52)45-34(50)27(13-21-16-40-25-8-4-3-7-23(21)25)43-33(49)28(14-22-17-39-18-41-22)44-32(48)26(9-10-29(37)46)42-31(47)24(36)12-20-6-5-11-38-15-20/h3-8,11,15-19,24,26-28,30,40H,9-10,12-14,36H2,1-2H3,(H2,37,46)(H,39,41)(H,42,47)(H,43,49)(H,44,48)(H,45,50)(H,51,52)/t24-,26-,27-,28-,30-/m0/s1. The summed E-state index contributed by atoms with van der Waals surface area (Å²) in [6, 6.07) is 4.54. The van der Waals surface area contributed by atoms with Gasteiger partial charge in [0.25, 0.3) is 0 Å². The number of H-pyrrole nitrogens is 2. The number of nitrogens with zero attached hydrogens (tertiary/aromatic N) is 2. The van der Waals surface area contributed by atoms with Crippen LogP contribution >= 0.6 is 0 Å². The highest BCUT2D eigenvalue weighted by molar-refractivity contribution is 5.96. The lowest BCUT2D eigenvalue weighted by molar-refractivity contribution is -0.143.